The second-order valence-electron chi connectivity index (χ2n) is 32.0. The van der Waals surface area contributed by atoms with Gasteiger partial charge < -0.3 is 47.4 Å². The number of para-hydroxylation sites is 3. The van der Waals surface area contributed by atoms with E-state index >= 15 is 0 Å². The van der Waals surface area contributed by atoms with Gasteiger partial charge in [0.25, 0.3) is 22.2 Å². The van der Waals surface area contributed by atoms with E-state index in [2.05, 4.69) is 31.9 Å². The number of rotatable bonds is 14. The smallest absolute Gasteiger partial charge is 0.354 e. The van der Waals surface area contributed by atoms with E-state index in [0.29, 0.717) is 93.2 Å². The van der Waals surface area contributed by atoms with Crippen LogP contribution in [0.5, 0.6) is 28.7 Å². The van der Waals surface area contributed by atoms with Crippen LogP contribution in [0.2, 0.25) is 5.02 Å². The second kappa shape index (κ2) is 36.7. The highest BCUT2D eigenvalue weighted by Crippen LogP contribution is 2.48. The Balaban J connectivity index is 0.000000113. The lowest BCUT2D eigenvalue weighted by Crippen LogP contribution is -2.24. The third kappa shape index (κ3) is 16.6. The number of methoxy groups -OCH3 is 1. The second-order valence-corrected chi connectivity index (χ2v) is 38.5. The number of nitrogens with zero attached hydrogens (tertiary/aromatic N) is 4. The van der Waals surface area contributed by atoms with E-state index in [1.807, 2.05) is 66.7 Å². The standard InChI is InChI=1S/C26H17BrClNO5S.C26H15BrFNO4S.2C26H15F2NO4S/c1-33-17-8-5-14(6-9-17)13-29-20-12-16(28)7-10-19(20)23-21(25(29)31)22(30)24(26(32)34-23)35-18-4-2-3-15(27)11-18;27-17-6-1-2-7-19(17)34-24-22(30)20-23(33-26(24)32)16-5-3-4-14-12-18(29(21(14)16)25(20)31)13-8-10-15(28)11-9-13;27-15-9-7-13(8-10-15)19-11-14-3-1-6-18-21(14)29(19)25(31)20-22(30)24(26(32)33-23(18)20)34-17-5-2-4-16(28)12-17;27-15-6-4-13(5-7-15)19-12-14-2-1-3-18-21(14)29(19)25(31)20-22(30)24(26(32)33-23(18)20)34-17-10-8-16(28)9-11-17/h2-12,30H,13H2,1H3;1-11,18,30H,12H2;1-10,12,19,30H,11H2;1-11,19,30H,12H2. The van der Waals surface area contributed by atoms with E-state index in [0.717, 1.165) is 94.9 Å². The Labute approximate surface area is 805 Å². The summed E-state index contributed by atoms with van der Waals surface area (Å²) < 4.78 is 103. The number of hydrogen-bond acceptors (Lipinski definition) is 21. The van der Waals surface area contributed by atoms with Gasteiger partial charge in [0.2, 0.25) is 0 Å². The van der Waals surface area contributed by atoms with Crippen LogP contribution in [-0.2, 0) is 25.8 Å². The number of benzene rings is 12. The molecule has 0 bridgehead atoms. The number of ether oxygens (including phenoxy) is 1. The molecule has 11 heterocycles. The van der Waals surface area contributed by atoms with Gasteiger partial charge in [-0.05, 0) is 232 Å². The van der Waals surface area contributed by atoms with E-state index in [1.54, 1.807) is 142 Å². The summed E-state index contributed by atoms with van der Waals surface area (Å²) in [5.41, 5.74) is 3.22. The van der Waals surface area contributed by atoms with Gasteiger partial charge in [-0.25, -0.2) is 41.1 Å². The van der Waals surface area contributed by atoms with E-state index in [4.69, 9.17) is 34.0 Å². The lowest BCUT2D eigenvalue weighted by atomic mass is 10.0. The van der Waals surface area contributed by atoms with Crippen LogP contribution in [0, 0.1) is 29.1 Å². The maximum atomic E-state index is 13.8. The summed E-state index contributed by atoms with van der Waals surface area (Å²) in [6.07, 6.45) is 1.51. The van der Waals surface area contributed by atoms with Crippen molar-refractivity contribution >= 4 is 178 Å². The lowest BCUT2D eigenvalue weighted by Gasteiger charge is -2.17. The molecule has 0 saturated heterocycles. The molecule has 3 aliphatic heterocycles. The van der Waals surface area contributed by atoms with Gasteiger partial charge in [-0.2, -0.15) is 0 Å². The van der Waals surface area contributed by atoms with Crippen LogP contribution in [0.25, 0.3) is 87.5 Å². The molecular formula is C104H62Br2ClF5N4O17S4. The number of halogens is 8. The zero-order chi connectivity index (χ0) is 95.4. The maximum Gasteiger partial charge on any atom is 0.354 e. The normalized spacial score (nSPS) is 13.9. The maximum absolute atomic E-state index is 13.8. The molecule has 20 aromatic rings. The molecule has 21 nitrogen and oxygen atoms in total. The molecule has 0 spiro atoms. The minimum atomic E-state index is -0.822. The van der Waals surface area contributed by atoms with Gasteiger partial charge in [-0.3, -0.25) is 32.9 Å². The largest absolute Gasteiger partial charge is 0.505 e. The van der Waals surface area contributed by atoms with Crippen LogP contribution < -0.4 is 49.5 Å². The summed E-state index contributed by atoms with van der Waals surface area (Å²) in [4.78, 5) is 108. The quantitative estimate of drug-likeness (QED) is 0.0581. The fourth-order valence-electron chi connectivity index (χ4n) is 17.7. The molecule has 3 unspecified atom stereocenters. The highest BCUT2D eigenvalue weighted by atomic mass is 79.9. The summed E-state index contributed by atoms with van der Waals surface area (Å²) in [5, 5.41) is 46.7. The summed E-state index contributed by atoms with van der Waals surface area (Å²) in [5.74, 6) is -3.16. The number of fused-ring (bicyclic) bond motifs is 9. The van der Waals surface area contributed by atoms with Crippen molar-refractivity contribution in [1.29, 1.82) is 0 Å². The van der Waals surface area contributed by atoms with Crippen molar-refractivity contribution in [1.82, 2.24) is 18.3 Å². The van der Waals surface area contributed by atoms with Crippen LogP contribution in [0.15, 0.2) is 371 Å². The molecule has 680 valence electrons. The van der Waals surface area contributed by atoms with Gasteiger partial charge in [-0.1, -0.05) is 184 Å². The summed E-state index contributed by atoms with van der Waals surface area (Å²) >= 11 is 16.9. The SMILES string of the molecule is COc1ccc(Cn2c(=O)c3c(O)c(Sc4cccc(Br)c4)c(=O)oc3c3ccc(Cl)cc32)cc1.O=c1oc2c(c(O)c1Sc1ccc(F)cc1)c(=O)n1c3c(cccc23)CC1c1ccc(F)cc1.O=c1oc2c(c(O)c1Sc1cccc(F)c1)c(=O)n1c3c(cccc23)CC1c1ccc(F)cc1.O=c1oc2c(c(O)c1Sc1ccccc1Br)c(=O)n1c3c(cccc23)CC1c1ccc(F)cc1. The van der Waals surface area contributed by atoms with E-state index in [1.165, 1.54) is 83.4 Å². The molecule has 0 amide bonds. The van der Waals surface area contributed by atoms with E-state index in [-0.39, 0.29) is 93.5 Å². The van der Waals surface area contributed by atoms with Crippen LogP contribution in [0.4, 0.5) is 22.0 Å². The van der Waals surface area contributed by atoms with Crippen molar-refractivity contribution in [2.75, 3.05) is 7.11 Å². The summed E-state index contributed by atoms with van der Waals surface area (Å²) in [6, 6.07) is 70.9. The Kier molecular flexibility index (Phi) is 24.2. The van der Waals surface area contributed by atoms with E-state index in [9.17, 15) is 80.7 Å². The van der Waals surface area contributed by atoms with Gasteiger partial charge in [0.15, 0.2) is 45.3 Å². The molecule has 12 aromatic carbocycles. The van der Waals surface area contributed by atoms with Crippen LogP contribution >= 0.6 is 90.5 Å². The van der Waals surface area contributed by atoms with Gasteiger partial charge in [0, 0.05) is 55.1 Å². The first-order valence-electron chi connectivity index (χ1n) is 41.8. The lowest BCUT2D eigenvalue weighted by molar-refractivity contribution is 0.414. The Morgan fingerprint density at radius 1 is 0.372 bits per heavy atom. The van der Waals surface area contributed by atoms with Crippen molar-refractivity contribution in [3.05, 3.63) is 432 Å². The average molecular weight is 2060 g/mol. The molecular weight excluding hydrogens is 2000 g/mol. The van der Waals surface area contributed by atoms with Crippen LogP contribution in [-0.4, -0.2) is 45.8 Å². The van der Waals surface area contributed by atoms with Crippen LogP contribution in [0.1, 0.15) is 57.1 Å². The van der Waals surface area contributed by atoms with Gasteiger partial charge in [0.05, 0.1) is 53.8 Å². The van der Waals surface area contributed by atoms with Crippen LogP contribution in [0.3, 0.4) is 0 Å². The first-order chi connectivity index (χ1) is 66.1. The Morgan fingerprint density at radius 3 is 1.15 bits per heavy atom. The van der Waals surface area contributed by atoms with Gasteiger partial charge >= 0.3 is 22.5 Å². The Hall–Kier alpha value is -14.4. The molecule has 4 N–H and O–H groups in total. The molecule has 0 saturated carbocycles. The minimum absolute atomic E-state index is 0.00366. The fraction of sp³-hybridized carbons (Fsp3) is 0.0769. The molecule has 8 aromatic heterocycles. The zero-order valence-electron chi connectivity index (χ0n) is 70.5. The number of aromatic hydroxyl groups is 4. The van der Waals surface area contributed by atoms with E-state index < -0.39 is 91.5 Å². The molecule has 33 heteroatoms. The molecule has 3 aliphatic rings. The molecule has 137 heavy (non-hydrogen) atoms. The highest BCUT2D eigenvalue weighted by Gasteiger charge is 2.37. The predicted molar refractivity (Wildman–Crippen MR) is 523 cm³/mol. The summed E-state index contributed by atoms with van der Waals surface area (Å²) in [7, 11) is 1.58. The van der Waals surface area contributed by atoms with Gasteiger partial charge in [0.1, 0.15) is 76.0 Å². The average Bonchev–Trinajstić information content (AvgIpc) is 1.69. The van der Waals surface area contributed by atoms with Gasteiger partial charge in [-0.15, -0.1) is 0 Å². The minimum Gasteiger partial charge on any atom is -0.505 e. The molecule has 0 fully saturated rings. The summed E-state index contributed by atoms with van der Waals surface area (Å²) in [6.45, 7) is 0.211. The third-order valence-electron chi connectivity index (χ3n) is 23.9. The predicted octanol–water partition coefficient (Wildman–Crippen LogP) is 23.2. The van der Waals surface area contributed by atoms with Crippen molar-refractivity contribution in [2.24, 2.45) is 0 Å². The van der Waals surface area contributed by atoms with Crippen molar-refractivity contribution in [2.45, 2.75) is 83.1 Å². The van der Waals surface area contributed by atoms with Crippen molar-refractivity contribution in [3.63, 3.8) is 0 Å². The Bertz CT molecular complexity index is 9000. The monoisotopic (exact) mass is 2050 g/mol. The fourth-order valence-corrected chi connectivity index (χ4v) is 22.4. The first kappa shape index (κ1) is 90.4. The first-order valence-corrected chi connectivity index (χ1v) is 47.1. The van der Waals surface area contributed by atoms with Crippen molar-refractivity contribution in [3.8, 4) is 28.7 Å². The molecule has 0 radical (unpaired) electrons. The number of pyridine rings is 4. The Morgan fingerprint density at radius 2 is 0.745 bits per heavy atom. The van der Waals surface area contributed by atoms with Crippen molar-refractivity contribution < 1.29 is 64.8 Å². The zero-order valence-corrected chi connectivity index (χ0v) is 77.7. The topological polar surface area (TPSA) is 299 Å². The molecule has 23 rings (SSSR count). The molecule has 3 atom stereocenters. The highest BCUT2D eigenvalue weighted by molar-refractivity contribution is 9.10. The number of hydrogen-bond donors (Lipinski definition) is 4. The third-order valence-corrected chi connectivity index (χ3v) is 29.9. The number of aromatic nitrogens is 4. The molecule has 0 aliphatic carbocycles.